The lowest BCUT2D eigenvalue weighted by atomic mass is 10.2. The van der Waals surface area contributed by atoms with Crippen LogP contribution in [0, 0.1) is 5.82 Å². The lowest BCUT2D eigenvalue weighted by molar-refractivity contribution is 0.128. The predicted molar refractivity (Wildman–Crippen MR) is 87.1 cm³/mol. The average Bonchev–Trinajstić information content (AvgIpc) is 2.88. The van der Waals surface area contributed by atoms with Gasteiger partial charge in [0.25, 0.3) is 0 Å². The summed E-state index contributed by atoms with van der Waals surface area (Å²) in [6, 6.07) is 10.6. The number of nitrogens with zero attached hydrogens (tertiary/aromatic N) is 2. The maximum absolute atomic E-state index is 13.0. The van der Waals surface area contributed by atoms with Gasteiger partial charge in [0, 0.05) is 38.1 Å². The number of hydrogen-bond acceptors (Lipinski definition) is 2. The fraction of sp³-hybridized carbons (Fsp3) is 0.333. The molecule has 1 atom stereocenters. The second kappa shape index (κ2) is 7.92. The highest BCUT2D eigenvalue weighted by atomic mass is 19.1. The van der Waals surface area contributed by atoms with E-state index in [0.717, 1.165) is 24.3 Å². The van der Waals surface area contributed by atoms with Crippen molar-refractivity contribution in [3.8, 4) is 0 Å². The third kappa shape index (κ3) is 4.83. The van der Waals surface area contributed by atoms with Gasteiger partial charge in [-0.15, -0.1) is 6.58 Å². The van der Waals surface area contributed by atoms with E-state index >= 15 is 0 Å². The Morgan fingerprint density at radius 1 is 1.32 bits per heavy atom. The van der Waals surface area contributed by atoms with Gasteiger partial charge >= 0.3 is 0 Å². The van der Waals surface area contributed by atoms with Crippen LogP contribution < -0.4 is 0 Å². The van der Waals surface area contributed by atoms with Gasteiger partial charge in [0.15, 0.2) is 0 Å². The summed E-state index contributed by atoms with van der Waals surface area (Å²) >= 11 is 0. The van der Waals surface area contributed by atoms with E-state index in [4.69, 9.17) is 0 Å². The summed E-state index contributed by atoms with van der Waals surface area (Å²) in [6.45, 7) is 8.34. The Hall–Kier alpha value is -1.91. The molecule has 0 fully saturated rings. The van der Waals surface area contributed by atoms with Crippen LogP contribution in [-0.2, 0) is 13.1 Å². The fourth-order valence-electron chi connectivity index (χ4n) is 2.52. The Balaban J connectivity index is 2.07. The van der Waals surface area contributed by atoms with E-state index in [1.807, 2.05) is 18.3 Å². The third-order valence-electron chi connectivity index (χ3n) is 3.49. The molecule has 0 aliphatic rings. The zero-order valence-electron chi connectivity index (χ0n) is 13.0. The van der Waals surface area contributed by atoms with Gasteiger partial charge in [-0.3, -0.25) is 4.90 Å². The van der Waals surface area contributed by atoms with E-state index in [2.05, 4.69) is 22.1 Å². The Morgan fingerprint density at radius 2 is 2.05 bits per heavy atom. The average molecular weight is 302 g/mol. The molecule has 1 aromatic heterocycles. The van der Waals surface area contributed by atoms with Crippen LogP contribution in [0.3, 0.4) is 0 Å². The minimum atomic E-state index is -0.375. The molecule has 4 heteroatoms. The molecule has 0 aliphatic carbocycles. The molecule has 1 unspecified atom stereocenters. The van der Waals surface area contributed by atoms with Gasteiger partial charge in [-0.05, 0) is 36.8 Å². The standard InChI is InChI=1S/C18H23FN2O/c1-3-10-20(12-15(2)22)14-18-5-4-11-21(18)13-16-6-8-17(19)9-7-16/h3-9,11,15,22H,1,10,12-14H2,2H3. The van der Waals surface area contributed by atoms with Crippen LogP contribution in [0.15, 0.2) is 55.3 Å². The summed E-state index contributed by atoms with van der Waals surface area (Å²) in [4.78, 5) is 2.15. The molecule has 0 bridgehead atoms. The molecular formula is C18H23FN2O. The molecule has 0 saturated carbocycles. The summed E-state index contributed by atoms with van der Waals surface area (Å²) in [7, 11) is 0. The maximum atomic E-state index is 13.0. The van der Waals surface area contributed by atoms with Gasteiger partial charge in [0.1, 0.15) is 5.82 Å². The molecule has 118 valence electrons. The number of aliphatic hydroxyl groups is 1. The Kier molecular flexibility index (Phi) is 5.92. The highest BCUT2D eigenvalue weighted by molar-refractivity contribution is 5.18. The number of aliphatic hydroxyl groups excluding tert-OH is 1. The Morgan fingerprint density at radius 3 is 2.68 bits per heavy atom. The molecule has 1 N–H and O–H groups in total. The third-order valence-corrected chi connectivity index (χ3v) is 3.49. The first kappa shape index (κ1) is 16.5. The number of halogens is 1. The Bertz CT molecular complexity index is 589. The molecule has 1 aromatic carbocycles. The fourth-order valence-corrected chi connectivity index (χ4v) is 2.52. The second-order valence-corrected chi connectivity index (χ2v) is 5.59. The highest BCUT2D eigenvalue weighted by Crippen LogP contribution is 2.11. The van der Waals surface area contributed by atoms with Crippen molar-refractivity contribution in [1.82, 2.24) is 9.47 Å². The molecule has 0 amide bonds. The zero-order chi connectivity index (χ0) is 15.9. The first-order valence-electron chi connectivity index (χ1n) is 7.48. The molecule has 0 radical (unpaired) electrons. The molecule has 0 spiro atoms. The molecule has 22 heavy (non-hydrogen) atoms. The maximum Gasteiger partial charge on any atom is 0.123 e. The van der Waals surface area contributed by atoms with Gasteiger partial charge in [-0.1, -0.05) is 18.2 Å². The van der Waals surface area contributed by atoms with Crippen molar-refractivity contribution in [3.63, 3.8) is 0 Å². The van der Waals surface area contributed by atoms with Crippen LogP contribution in [-0.4, -0.2) is 33.8 Å². The van der Waals surface area contributed by atoms with E-state index in [1.165, 1.54) is 12.1 Å². The molecule has 3 nitrogen and oxygen atoms in total. The molecule has 1 heterocycles. The van der Waals surface area contributed by atoms with Crippen molar-refractivity contribution >= 4 is 0 Å². The van der Waals surface area contributed by atoms with Crippen LogP contribution >= 0.6 is 0 Å². The zero-order valence-corrected chi connectivity index (χ0v) is 13.0. The van der Waals surface area contributed by atoms with Gasteiger partial charge < -0.3 is 9.67 Å². The van der Waals surface area contributed by atoms with Crippen LogP contribution in [0.2, 0.25) is 0 Å². The van der Waals surface area contributed by atoms with Gasteiger partial charge in [-0.25, -0.2) is 4.39 Å². The smallest absolute Gasteiger partial charge is 0.123 e. The van der Waals surface area contributed by atoms with E-state index in [-0.39, 0.29) is 11.9 Å². The SMILES string of the molecule is C=CCN(Cc1cccn1Cc1ccc(F)cc1)CC(C)O. The second-order valence-electron chi connectivity index (χ2n) is 5.59. The Labute approximate surface area is 131 Å². The summed E-state index contributed by atoms with van der Waals surface area (Å²) in [5.41, 5.74) is 2.22. The van der Waals surface area contributed by atoms with Crippen LogP contribution in [0.25, 0.3) is 0 Å². The predicted octanol–water partition coefficient (Wildman–Crippen LogP) is 3.04. The number of hydrogen-bond donors (Lipinski definition) is 1. The first-order valence-corrected chi connectivity index (χ1v) is 7.48. The van der Waals surface area contributed by atoms with E-state index in [1.54, 1.807) is 19.1 Å². The molecular weight excluding hydrogens is 279 g/mol. The van der Waals surface area contributed by atoms with Crippen molar-refractivity contribution in [1.29, 1.82) is 0 Å². The van der Waals surface area contributed by atoms with E-state index < -0.39 is 0 Å². The van der Waals surface area contributed by atoms with E-state index in [9.17, 15) is 9.50 Å². The van der Waals surface area contributed by atoms with Crippen molar-refractivity contribution in [2.45, 2.75) is 26.1 Å². The largest absolute Gasteiger partial charge is 0.392 e. The van der Waals surface area contributed by atoms with Crippen LogP contribution in [0.4, 0.5) is 4.39 Å². The highest BCUT2D eigenvalue weighted by Gasteiger charge is 2.10. The van der Waals surface area contributed by atoms with Crippen LogP contribution in [0.5, 0.6) is 0 Å². The monoisotopic (exact) mass is 302 g/mol. The van der Waals surface area contributed by atoms with Crippen molar-refractivity contribution in [3.05, 3.63) is 72.3 Å². The lowest BCUT2D eigenvalue weighted by Crippen LogP contribution is -2.31. The molecule has 2 aromatic rings. The van der Waals surface area contributed by atoms with Gasteiger partial charge in [-0.2, -0.15) is 0 Å². The van der Waals surface area contributed by atoms with E-state index in [0.29, 0.717) is 13.1 Å². The lowest BCUT2D eigenvalue weighted by Gasteiger charge is -2.23. The normalized spacial score (nSPS) is 12.5. The quantitative estimate of drug-likeness (QED) is 0.759. The first-order chi connectivity index (χ1) is 10.6. The minimum absolute atomic E-state index is 0.217. The van der Waals surface area contributed by atoms with Gasteiger partial charge in [0.05, 0.1) is 6.10 Å². The molecule has 0 saturated heterocycles. The van der Waals surface area contributed by atoms with Gasteiger partial charge in [0.2, 0.25) is 0 Å². The minimum Gasteiger partial charge on any atom is -0.392 e. The molecule has 2 rings (SSSR count). The molecule has 0 aliphatic heterocycles. The number of benzene rings is 1. The summed E-state index contributed by atoms with van der Waals surface area (Å²) in [5, 5.41) is 9.59. The van der Waals surface area contributed by atoms with Crippen molar-refractivity contribution in [2.24, 2.45) is 0 Å². The topological polar surface area (TPSA) is 28.4 Å². The number of rotatable bonds is 8. The summed E-state index contributed by atoms with van der Waals surface area (Å²) in [5.74, 6) is -0.217. The summed E-state index contributed by atoms with van der Waals surface area (Å²) < 4.78 is 15.1. The summed E-state index contributed by atoms with van der Waals surface area (Å²) in [6.07, 6.45) is 3.49. The number of aromatic nitrogens is 1. The van der Waals surface area contributed by atoms with Crippen LogP contribution in [0.1, 0.15) is 18.2 Å². The van der Waals surface area contributed by atoms with Crippen molar-refractivity contribution in [2.75, 3.05) is 13.1 Å². The van der Waals surface area contributed by atoms with Crippen molar-refractivity contribution < 1.29 is 9.50 Å².